The van der Waals surface area contributed by atoms with Gasteiger partial charge in [-0.25, -0.2) is 0 Å². The Labute approximate surface area is 144 Å². The molecular formula is C22H24N2. The lowest BCUT2D eigenvalue weighted by molar-refractivity contribution is 0.518. The van der Waals surface area contributed by atoms with E-state index in [4.69, 9.17) is 0 Å². The van der Waals surface area contributed by atoms with E-state index in [1.165, 1.54) is 22.3 Å². The molecule has 0 aliphatic heterocycles. The van der Waals surface area contributed by atoms with Gasteiger partial charge in [0, 0.05) is 0 Å². The number of nitrogens with zero attached hydrogens (tertiary/aromatic N) is 2. The number of azo groups is 1. The minimum absolute atomic E-state index is 0.198. The Balaban J connectivity index is 1.79. The molecule has 0 spiro atoms. The molecule has 24 heavy (non-hydrogen) atoms. The van der Waals surface area contributed by atoms with Crippen molar-refractivity contribution in [3.05, 3.63) is 83.4 Å². The Kier molecular flexibility index (Phi) is 4.75. The lowest BCUT2D eigenvalue weighted by Gasteiger charge is -2.18. The molecule has 2 nitrogen and oxygen atoms in total. The lowest BCUT2D eigenvalue weighted by Crippen LogP contribution is -2.05. The van der Waals surface area contributed by atoms with Crippen molar-refractivity contribution in [2.75, 3.05) is 0 Å². The maximum Gasteiger partial charge on any atom is 0.0859 e. The molecule has 0 radical (unpaired) electrons. The summed E-state index contributed by atoms with van der Waals surface area (Å²) in [6.45, 7) is 7.39. The van der Waals surface area contributed by atoms with Gasteiger partial charge in [-0.2, -0.15) is 10.2 Å². The van der Waals surface area contributed by atoms with E-state index in [2.05, 4.69) is 67.4 Å². The fraction of sp³-hybridized carbons (Fsp3) is 0.273. The zero-order valence-electron chi connectivity index (χ0n) is 14.7. The summed E-state index contributed by atoms with van der Waals surface area (Å²) < 4.78 is 0. The second-order valence-electron chi connectivity index (χ2n) is 7.18. The first-order valence-electron chi connectivity index (χ1n) is 8.46. The summed E-state index contributed by atoms with van der Waals surface area (Å²) in [6, 6.07) is 18.4. The molecule has 0 amide bonds. The molecule has 0 saturated heterocycles. The molecular weight excluding hydrogens is 292 g/mol. The van der Waals surface area contributed by atoms with Crippen molar-refractivity contribution in [1.29, 1.82) is 0 Å². The number of hydrogen-bond donors (Lipinski definition) is 0. The van der Waals surface area contributed by atoms with Crippen LogP contribution in [0.5, 0.6) is 0 Å². The quantitative estimate of drug-likeness (QED) is 0.559. The minimum Gasteiger partial charge on any atom is -0.184 e. The summed E-state index contributed by atoms with van der Waals surface area (Å²) in [4.78, 5) is 0. The van der Waals surface area contributed by atoms with Crippen LogP contribution >= 0.6 is 0 Å². The summed E-state index contributed by atoms with van der Waals surface area (Å²) in [5, 5.41) is 8.71. The van der Waals surface area contributed by atoms with Crippen molar-refractivity contribution in [3.8, 4) is 0 Å². The highest BCUT2D eigenvalue weighted by molar-refractivity contribution is 5.75. The van der Waals surface area contributed by atoms with Crippen LogP contribution in [0.25, 0.3) is 5.57 Å². The van der Waals surface area contributed by atoms with Gasteiger partial charge in [-0.15, -0.1) is 0 Å². The number of benzene rings is 2. The Morgan fingerprint density at radius 1 is 0.917 bits per heavy atom. The molecule has 122 valence electrons. The summed E-state index contributed by atoms with van der Waals surface area (Å²) in [6.07, 6.45) is 5.68. The van der Waals surface area contributed by atoms with E-state index in [-0.39, 0.29) is 5.41 Å². The molecule has 0 N–H and O–H groups in total. The molecule has 2 aromatic carbocycles. The van der Waals surface area contributed by atoms with E-state index in [1.54, 1.807) is 0 Å². The smallest absolute Gasteiger partial charge is 0.0859 e. The third kappa shape index (κ3) is 3.88. The van der Waals surface area contributed by atoms with Crippen molar-refractivity contribution in [3.63, 3.8) is 0 Å². The lowest BCUT2D eigenvalue weighted by atomic mass is 9.87. The van der Waals surface area contributed by atoms with Crippen LogP contribution in [0, 0.1) is 5.41 Å². The monoisotopic (exact) mass is 316 g/mol. The van der Waals surface area contributed by atoms with E-state index in [0.717, 1.165) is 12.1 Å². The first-order valence-corrected chi connectivity index (χ1v) is 8.46. The van der Waals surface area contributed by atoms with Gasteiger partial charge < -0.3 is 0 Å². The van der Waals surface area contributed by atoms with Crippen molar-refractivity contribution >= 4 is 11.3 Å². The van der Waals surface area contributed by atoms with Crippen molar-refractivity contribution in [2.24, 2.45) is 15.6 Å². The van der Waals surface area contributed by atoms with Crippen molar-refractivity contribution < 1.29 is 0 Å². The van der Waals surface area contributed by atoms with Crippen molar-refractivity contribution in [1.82, 2.24) is 0 Å². The maximum absolute atomic E-state index is 4.39. The van der Waals surface area contributed by atoms with Gasteiger partial charge in [0.05, 0.1) is 12.2 Å². The third-order valence-corrected chi connectivity index (χ3v) is 4.28. The van der Waals surface area contributed by atoms with Gasteiger partial charge in [-0.3, -0.25) is 0 Å². The van der Waals surface area contributed by atoms with Gasteiger partial charge in [0.15, 0.2) is 0 Å². The van der Waals surface area contributed by atoms with E-state index in [0.29, 0.717) is 6.54 Å². The summed E-state index contributed by atoms with van der Waals surface area (Å²) in [7, 11) is 0. The molecule has 0 atom stereocenters. The summed E-state index contributed by atoms with van der Waals surface area (Å²) in [5.41, 5.74) is 6.41. The highest BCUT2D eigenvalue weighted by Gasteiger charge is 2.20. The third-order valence-electron chi connectivity index (χ3n) is 4.28. The molecule has 3 rings (SSSR count). The predicted molar refractivity (Wildman–Crippen MR) is 101 cm³/mol. The van der Waals surface area contributed by atoms with Gasteiger partial charge in [-0.1, -0.05) is 75.4 Å². The van der Waals surface area contributed by atoms with Gasteiger partial charge in [-0.05, 0) is 46.2 Å². The molecule has 0 saturated carbocycles. The van der Waals surface area contributed by atoms with Gasteiger partial charge >= 0.3 is 0 Å². The largest absolute Gasteiger partial charge is 0.184 e. The second-order valence-corrected chi connectivity index (χ2v) is 7.18. The van der Waals surface area contributed by atoms with Crippen LogP contribution in [0.3, 0.4) is 0 Å². The van der Waals surface area contributed by atoms with Crippen LogP contribution in [-0.2, 0) is 6.54 Å². The fourth-order valence-electron chi connectivity index (χ4n) is 2.90. The van der Waals surface area contributed by atoms with Crippen LogP contribution < -0.4 is 0 Å². The molecule has 1 aliphatic rings. The molecule has 2 aromatic rings. The van der Waals surface area contributed by atoms with Crippen molar-refractivity contribution in [2.45, 2.75) is 33.7 Å². The Bertz CT molecular complexity index is 790. The van der Waals surface area contributed by atoms with Crippen LogP contribution in [-0.4, -0.2) is 0 Å². The fourth-order valence-corrected chi connectivity index (χ4v) is 2.90. The predicted octanol–water partition coefficient (Wildman–Crippen LogP) is 6.73. The number of hydrogen-bond acceptors (Lipinski definition) is 2. The SMILES string of the molecule is CC(C)(C)C1=CCC(c2ccccc2CN=Nc2ccccc2)=C1. The van der Waals surface area contributed by atoms with Crippen LogP contribution in [0.2, 0.25) is 0 Å². The highest BCUT2D eigenvalue weighted by atomic mass is 15.1. The molecule has 0 unspecified atom stereocenters. The Morgan fingerprint density at radius 3 is 2.33 bits per heavy atom. The van der Waals surface area contributed by atoms with Gasteiger partial charge in [0.1, 0.15) is 0 Å². The normalized spacial score (nSPS) is 14.8. The number of allylic oxidation sites excluding steroid dienone is 4. The Hall–Kier alpha value is -2.48. The van der Waals surface area contributed by atoms with E-state index >= 15 is 0 Å². The molecule has 1 aliphatic carbocycles. The molecule has 0 aromatic heterocycles. The first-order chi connectivity index (χ1) is 11.5. The second kappa shape index (κ2) is 6.96. The average Bonchev–Trinajstić information content (AvgIpc) is 3.06. The molecule has 2 heteroatoms. The van der Waals surface area contributed by atoms with E-state index < -0.39 is 0 Å². The van der Waals surface area contributed by atoms with Crippen LogP contribution in [0.15, 0.2) is 82.6 Å². The summed E-state index contributed by atoms with van der Waals surface area (Å²) in [5.74, 6) is 0. The van der Waals surface area contributed by atoms with Gasteiger partial charge in [0.25, 0.3) is 0 Å². The standard InChI is InChI=1S/C22H24N2/c1-22(2,3)19-14-13-17(15-19)21-12-8-7-9-18(21)16-23-24-20-10-5-4-6-11-20/h4-12,14-15H,13,16H2,1-3H3. The molecule has 0 bridgehead atoms. The maximum atomic E-state index is 4.39. The molecule has 0 heterocycles. The van der Waals surface area contributed by atoms with E-state index in [9.17, 15) is 0 Å². The molecule has 0 fully saturated rings. The highest BCUT2D eigenvalue weighted by Crippen LogP contribution is 2.37. The zero-order valence-corrected chi connectivity index (χ0v) is 14.7. The average molecular weight is 316 g/mol. The number of rotatable bonds is 4. The Morgan fingerprint density at radius 2 is 1.62 bits per heavy atom. The topological polar surface area (TPSA) is 24.7 Å². The van der Waals surface area contributed by atoms with Crippen LogP contribution in [0.4, 0.5) is 5.69 Å². The summed E-state index contributed by atoms with van der Waals surface area (Å²) >= 11 is 0. The van der Waals surface area contributed by atoms with E-state index in [1.807, 2.05) is 30.3 Å². The minimum atomic E-state index is 0.198. The van der Waals surface area contributed by atoms with Gasteiger partial charge in [0.2, 0.25) is 0 Å². The van der Waals surface area contributed by atoms with Crippen LogP contribution in [0.1, 0.15) is 38.3 Å². The zero-order chi connectivity index (χ0) is 17.0. The first kappa shape index (κ1) is 16.4.